The lowest BCUT2D eigenvalue weighted by atomic mass is 9.73. The summed E-state index contributed by atoms with van der Waals surface area (Å²) >= 11 is 0. The Kier molecular flexibility index (Phi) is 8.47. The molecule has 3 heterocycles. The zero-order valence-electron chi connectivity index (χ0n) is 33.8. The molecule has 10 aromatic rings. The van der Waals surface area contributed by atoms with Gasteiger partial charge in [0.05, 0.1) is 33.8 Å². The van der Waals surface area contributed by atoms with Gasteiger partial charge in [-0.15, -0.1) is 0 Å². The number of nitrogens with zero attached hydrogens (tertiary/aromatic N) is 5. The number of hydrogen-bond donors (Lipinski definition) is 0. The molecule has 1 aliphatic heterocycles. The van der Waals surface area contributed by atoms with Crippen LogP contribution in [0.5, 0.6) is 0 Å². The summed E-state index contributed by atoms with van der Waals surface area (Å²) in [6.07, 6.45) is 0. The van der Waals surface area contributed by atoms with E-state index in [2.05, 4.69) is 163 Å². The lowest BCUT2D eigenvalue weighted by molar-refractivity contribution is 0.632. The molecule has 0 spiro atoms. The number of benzene rings is 8. The number of para-hydroxylation sites is 3. The minimum Gasteiger partial charge on any atom is -0.310 e. The summed E-state index contributed by atoms with van der Waals surface area (Å²) in [5.74, 6) is 0.546. The highest BCUT2D eigenvalue weighted by Crippen LogP contribution is 2.53. The Hall–Kier alpha value is -8.07. The van der Waals surface area contributed by atoms with Crippen molar-refractivity contribution in [3.05, 3.63) is 217 Å². The predicted molar refractivity (Wildman–Crippen MR) is 250 cm³/mol. The zero-order chi connectivity index (χ0) is 41.1. The summed E-state index contributed by atoms with van der Waals surface area (Å²) in [7, 11) is 0. The van der Waals surface area contributed by atoms with Crippen LogP contribution >= 0.6 is 0 Å². The van der Waals surface area contributed by atoms with Crippen LogP contribution in [0, 0.1) is 11.3 Å². The third-order valence-electron chi connectivity index (χ3n) is 12.2. The molecule has 0 aliphatic carbocycles. The molecular formula is C56H39N5. The van der Waals surface area contributed by atoms with Crippen LogP contribution in [0.25, 0.3) is 72.5 Å². The van der Waals surface area contributed by atoms with Gasteiger partial charge >= 0.3 is 0 Å². The van der Waals surface area contributed by atoms with Crippen LogP contribution in [0.3, 0.4) is 0 Å². The fourth-order valence-electron chi connectivity index (χ4n) is 9.27. The third kappa shape index (κ3) is 5.92. The van der Waals surface area contributed by atoms with E-state index in [1.54, 1.807) is 0 Å². The topological polar surface area (TPSA) is 57.7 Å². The van der Waals surface area contributed by atoms with Crippen LogP contribution in [0.1, 0.15) is 30.5 Å². The van der Waals surface area contributed by atoms with E-state index < -0.39 is 0 Å². The average Bonchev–Trinajstić information content (AvgIpc) is 3.65. The van der Waals surface area contributed by atoms with Crippen molar-refractivity contribution in [2.75, 3.05) is 4.90 Å². The predicted octanol–water partition coefficient (Wildman–Crippen LogP) is 14.2. The molecule has 0 atom stereocenters. The second kappa shape index (κ2) is 14.3. The normalized spacial score (nSPS) is 12.8. The van der Waals surface area contributed by atoms with Crippen LogP contribution in [-0.4, -0.2) is 14.5 Å². The molecule has 0 N–H and O–H groups in total. The molecule has 5 heteroatoms. The van der Waals surface area contributed by atoms with Crippen molar-refractivity contribution in [2.24, 2.45) is 0 Å². The van der Waals surface area contributed by atoms with Crippen molar-refractivity contribution in [3.8, 4) is 56.8 Å². The molecule has 61 heavy (non-hydrogen) atoms. The lowest BCUT2D eigenvalue weighted by Gasteiger charge is -2.42. The van der Waals surface area contributed by atoms with Crippen LogP contribution in [0.4, 0.5) is 17.1 Å². The molecule has 0 saturated heterocycles. The van der Waals surface area contributed by atoms with Crippen molar-refractivity contribution in [2.45, 2.75) is 19.3 Å². The van der Waals surface area contributed by atoms with Gasteiger partial charge in [0.15, 0.2) is 5.82 Å². The van der Waals surface area contributed by atoms with Gasteiger partial charge in [0.2, 0.25) is 0 Å². The maximum absolute atomic E-state index is 10.7. The van der Waals surface area contributed by atoms with Gasteiger partial charge in [0.25, 0.3) is 0 Å². The maximum Gasteiger partial charge on any atom is 0.160 e. The molecule has 0 saturated carbocycles. The number of hydrogen-bond acceptors (Lipinski definition) is 4. The van der Waals surface area contributed by atoms with Crippen LogP contribution in [0.2, 0.25) is 0 Å². The Morgan fingerprint density at radius 1 is 0.443 bits per heavy atom. The van der Waals surface area contributed by atoms with Crippen molar-refractivity contribution in [1.29, 1.82) is 5.26 Å². The second-order valence-corrected chi connectivity index (χ2v) is 16.2. The first-order valence-corrected chi connectivity index (χ1v) is 20.6. The van der Waals surface area contributed by atoms with Crippen molar-refractivity contribution in [1.82, 2.24) is 14.5 Å². The number of nitriles is 1. The molecule has 11 rings (SSSR count). The van der Waals surface area contributed by atoms with Gasteiger partial charge in [-0.3, -0.25) is 0 Å². The Bertz CT molecular complexity index is 3270. The summed E-state index contributed by atoms with van der Waals surface area (Å²) in [6, 6.07) is 72.6. The smallest absolute Gasteiger partial charge is 0.160 e. The molecule has 0 amide bonds. The quantitative estimate of drug-likeness (QED) is 0.169. The minimum atomic E-state index is -0.290. The Labute approximate surface area is 355 Å². The van der Waals surface area contributed by atoms with E-state index in [4.69, 9.17) is 9.97 Å². The molecular weight excluding hydrogens is 743 g/mol. The van der Waals surface area contributed by atoms with E-state index in [-0.39, 0.29) is 5.41 Å². The van der Waals surface area contributed by atoms with Crippen LogP contribution in [0.15, 0.2) is 200 Å². The monoisotopic (exact) mass is 781 g/mol. The molecule has 2 aromatic heterocycles. The van der Waals surface area contributed by atoms with Gasteiger partial charge < -0.3 is 9.47 Å². The first-order chi connectivity index (χ1) is 30.0. The largest absolute Gasteiger partial charge is 0.310 e. The Morgan fingerprint density at radius 3 is 1.66 bits per heavy atom. The van der Waals surface area contributed by atoms with Gasteiger partial charge in [-0.1, -0.05) is 159 Å². The third-order valence-corrected chi connectivity index (χ3v) is 12.2. The highest BCUT2D eigenvalue weighted by molar-refractivity contribution is 6.12. The molecule has 288 valence electrons. The van der Waals surface area contributed by atoms with Gasteiger partial charge in [-0.2, -0.15) is 5.26 Å². The van der Waals surface area contributed by atoms with Gasteiger partial charge in [0, 0.05) is 44.3 Å². The number of rotatable bonds is 6. The Balaban J connectivity index is 1.21. The van der Waals surface area contributed by atoms with E-state index in [1.807, 2.05) is 66.7 Å². The lowest BCUT2D eigenvalue weighted by Crippen LogP contribution is -2.30. The van der Waals surface area contributed by atoms with Crippen LogP contribution in [-0.2, 0) is 5.41 Å². The fourth-order valence-corrected chi connectivity index (χ4v) is 9.27. The Morgan fingerprint density at radius 2 is 1.00 bits per heavy atom. The highest BCUT2D eigenvalue weighted by atomic mass is 15.2. The van der Waals surface area contributed by atoms with Crippen molar-refractivity contribution >= 4 is 38.9 Å². The highest BCUT2D eigenvalue weighted by Gasteiger charge is 2.38. The van der Waals surface area contributed by atoms with Gasteiger partial charge in [-0.25, -0.2) is 9.97 Å². The second-order valence-electron chi connectivity index (χ2n) is 16.2. The summed E-state index contributed by atoms with van der Waals surface area (Å²) in [4.78, 5) is 12.9. The van der Waals surface area contributed by atoms with E-state index >= 15 is 0 Å². The summed E-state index contributed by atoms with van der Waals surface area (Å²) in [6.45, 7) is 4.69. The number of anilines is 3. The first kappa shape index (κ1) is 36.0. The minimum absolute atomic E-state index is 0.290. The molecule has 0 unspecified atom stereocenters. The molecule has 8 aromatic carbocycles. The van der Waals surface area contributed by atoms with E-state index in [0.29, 0.717) is 22.8 Å². The average molecular weight is 782 g/mol. The standard InChI is InChI=1S/C56H39N5/c1-56(2)47-28-16-18-30-50(47)60(42-25-13-6-14-26-42)52-34-45-44-27-15-17-29-49(44)61(51(45)35-48(52)56)43-32-40(37-19-7-3-8-20-37)31-41(33-43)55-58-53(38-21-9-4-10-22-38)46(36-57)54(59-55)39-23-11-5-12-24-39/h3-35H,1-2H3. The summed E-state index contributed by atoms with van der Waals surface area (Å²) in [5, 5.41) is 13.0. The van der Waals surface area contributed by atoms with Gasteiger partial charge in [-0.05, 0) is 76.9 Å². The molecule has 5 nitrogen and oxygen atoms in total. The number of aromatic nitrogens is 3. The SMILES string of the molecule is CC1(C)c2ccccc2N(c2ccccc2)c2cc3c4ccccc4n(-c4cc(-c5ccccc5)cc(-c5nc(-c6ccccc6)c(C#N)c(-c6ccccc6)n5)c4)c3cc21. The van der Waals surface area contributed by atoms with Crippen molar-refractivity contribution in [3.63, 3.8) is 0 Å². The fraction of sp³-hybridized carbons (Fsp3) is 0.0536. The molecule has 1 aliphatic rings. The van der Waals surface area contributed by atoms with E-state index in [1.165, 1.54) is 33.3 Å². The maximum atomic E-state index is 10.7. The zero-order valence-corrected chi connectivity index (χ0v) is 33.8. The molecule has 0 radical (unpaired) electrons. The van der Waals surface area contributed by atoms with Gasteiger partial charge in [0.1, 0.15) is 11.6 Å². The summed E-state index contributed by atoms with van der Waals surface area (Å²) < 4.78 is 2.41. The van der Waals surface area contributed by atoms with E-state index in [0.717, 1.165) is 50.2 Å². The molecule has 0 fully saturated rings. The van der Waals surface area contributed by atoms with Crippen molar-refractivity contribution < 1.29 is 0 Å². The van der Waals surface area contributed by atoms with Crippen LogP contribution < -0.4 is 4.90 Å². The number of fused-ring (bicyclic) bond motifs is 5. The van der Waals surface area contributed by atoms with E-state index in [9.17, 15) is 5.26 Å². The first-order valence-electron chi connectivity index (χ1n) is 20.6. The molecule has 0 bridgehead atoms. The summed E-state index contributed by atoms with van der Waals surface area (Å²) in [5.41, 5.74) is 15.3.